The molecule has 118 valence electrons. The summed E-state index contributed by atoms with van der Waals surface area (Å²) < 4.78 is 0. The lowest BCUT2D eigenvalue weighted by Crippen LogP contribution is -2.36. The Kier molecular flexibility index (Phi) is 4.53. The maximum absolute atomic E-state index is 12.6. The first-order valence-electron chi connectivity index (χ1n) is 7.78. The minimum Gasteiger partial charge on any atom is -0.396 e. The molecule has 0 saturated carbocycles. The molecule has 0 aliphatic carbocycles. The van der Waals surface area contributed by atoms with E-state index in [2.05, 4.69) is 0 Å². The van der Waals surface area contributed by atoms with Crippen molar-refractivity contribution in [3.63, 3.8) is 0 Å². The van der Waals surface area contributed by atoms with Gasteiger partial charge in [-0.25, -0.2) is 0 Å². The molecule has 4 nitrogen and oxygen atoms in total. The Hall–Kier alpha value is -2.46. The van der Waals surface area contributed by atoms with Crippen molar-refractivity contribution in [1.82, 2.24) is 4.90 Å². The van der Waals surface area contributed by atoms with Gasteiger partial charge in [-0.2, -0.15) is 0 Å². The van der Waals surface area contributed by atoms with Gasteiger partial charge in [0.05, 0.1) is 6.54 Å². The molecule has 1 N–H and O–H groups in total. The van der Waals surface area contributed by atoms with Crippen LogP contribution in [-0.2, 0) is 4.79 Å². The Labute approximate surface area is 135 Å². The Morgan fingerprint density at radius 2 is 1.70 bits per heavy atom. The van der Waals surface area contributed by atoms with E-state index in [1.54, 1.807) is 17.0 Å². The molecule has 1 atom stereocenters. The second-order valence-corrected chi connectivity index (χ2v) is 5.79. The van der Waals surface area contributed by atoms with Crippen LogP contribution in [0.3, 0.4) is 0 Å². The van der Waals surface area contributed by atoms with Crippen molar-refractivity contribution in [3.05, 3.63) is 60.2 Å². The number of hydrogen-bond acceptors (Lipinski definition) is 3. The molecule has 1 heterocycles. The second kappa shape index (κ2) is 6.75. The largest absolute Gasteiger partial charge is 0.396 e. The first-order valence-corrected chi connectivity index (χ1v) is 7.78. The van der Waals surface area contributed by atoms with Gasteiger partial charge in [-0.15, -0.1) is 0 Å². The molecule has 4 heteroatoms. The van der Waals surface area contributed by atoms with Crippen LogP contribution in [0, 0.1) is 0 Å². The zero-order chi connectivity index (χ0) is 16.2. The predicted octanol–water partition coefficient (Wildman–Crippen LogP) is 2.52. The van der Waals surface area contributed by atoms with E-state index >= 15 is 0 Å². The maximum Gasteiger partial charge on any atom is 0.254 e. The summed E-state index contributed by atoms with van der Waals surface area (Å²) in [6.45, 7) is 0.124. The molecule has 1 fully saturated rings. The van der Waals surface area contributed by atoms with Crippen molar-refractivity contribution < 1.29 is 14.7 Å². The number of likely N-dealkylation sites (tertiary alicyclic amines) is 1. The highest BCUT2D eigenvalue weighted by Gasteiger charge is 2.33. The van der Waals surface area contributed by atoms with Gasteiger partial charge in [0.25, 0.3) is 5.91 Å². The van der Waals surface area contributed by atoms with E-state index < -0.39 is 0 Å². The van der Waals surface area contributed by atoms with E-state index in [9.17, 15) is 9.59 Å². The number of amides is 1. The molecule has 0 aromatic heterocycles. The van der Waals surface area contributed by atoms with E-state index in [1.165, 1.54) is 0 Å². The predicted molar refractivity (Wildman–Crippen MR) is 88.0 cm³/mol. The van der Waals surface area contributed by atoms with Gasteiger partial charge in [-0.3, -0.25) is 9.59 Å². The Bertz CT molecular complexity index is 694. The van der Waals surface area contributed by atoms with E-state index in [4.69, 9.17) is 5.11 Å². The minimum atomic E-state index is -0.186. The lowest BCUT2D eigenvalue weighted by molar-refractivity contribution is -0.116. The fourth-order valence-electron chi connectivity index (χ4n) is 3.00. The van der Waals surface area contributed by atoms with Crippen molar-refractivity contribution >= 4 is 11.7 Å². The maximum atomic E-state index is 12.6. The molecule has 0 radical (unpaired) electrons. The third kappa shape index (κ3) is 3.32. The van der Waals surface area contributed by atoms with Crippen LogP contribution in [0.15, 0.2) is 54.6 Å². The zero-order valence-electron chi connectivity index (χ0n) is 12.8. The third-order valence-electron chi connectivity index (χ3n) is 4.21. The fourth-order valence-corrected chi connectivity index (χ4v) is 3.00. The van der Waals surface area contributed by atoms with Gasteiger partial charge in [0, 0.05) is 24.6 Å². The molecule has 1 amide bonds. The van der Waals surface area contributed by atoms with Crippen LogP contribution in [0.25, 0.3) is 11.1 Å². The Morgan fingerprint density at radius 3 is 2.35 bits per heavy atom. The number of hydrogen-bond donors (Lipinski definition) is 1. The number of carbonyl (C=O) groups excluding carboxylic acids is 2. The van der Waals surface area contributed by atoms with Crippen molar-refractivity contribution in [3.8, 4) is 11.1 Å². The lowest BCUT2D eigenvalue weighted by atomic mass is 10.0. The molecule has 2 aromatic carbocycles. The molecular formula is C19H19NO3. The third-order valence-corrected chi connectivity index (χ3v) is 4.21. The summed E-state index contributed by atoms with van der Waals surface area (Å²) >= 11 is 0. The van der Waals surface area contributed by atoms with Crippen LogP contribution in [0.4, 0.5) is 0 Å². The van der Waals surface area contributed by atoms with Crippen LogP contribution < -0.4 is 0 Å². The standard InChI is InChI=1S/C19H19NO3/c21-11-10-17-12-18(22)13-20(17)19(23)16-8-6-15(7-9-16)14-4-2-1-3-5-14/h1-9,17,21H,10-13H2. The molecular weight excluding hydrogens is 290 g/mol. The monoisotopic (exact) mass is 309 g/mol. The highest BCUT2D eigenvalue weighted by molar-refractivity contribution is 5.99. The van der Waals surface area contributed by atoms with Crippen molar-refractivity contribution in [2.75, 3.05) is 13.2 Å². The highest BCUT2D eigenvalue weighted by atomic mass is 16.3. The van der Waals surface area contributed by atoms with Crippen molar-refractivity contribution in [2.45, 2.75) is 18.9 Å². The fraction of sp³-hybridized carbons (Fsp3) is 0.263. The molecule has 2 aromatic rings. The van der Waals surface area contributed by atoms with Gasteiger partial charge >= 0.3 is 0 Å². The number of rotatable bonds is 4. The number of aliphatic hydroxyl groups is 1. The number of aliphatic hydroxyl groups excluding tert-OH is 1. The van der Waals surface area contributed by atoms with Crippen LogP contribution in [0.1, 0.15) is 23.2 Å². The summed E-state index contributed by atoms with van der Waals surface area (Å²) in [4.78, 5) is 25.8. The molecule has 1 saturated heterocycles. The molecule has 1 aliphatic heterocycles. The summed E-state index contributed by atoms with van der Waals surface area (Å²) in [7, 11) is 0. The molecule has 3 rings (SSSR count). The quantitative estimate of drug-likeness (QED) is 0.944. The number of nitrogens with zero attached hydrogens (tertiary/aromatic N) is 1. The minimum absolute atomic E-state index is 0.0192. The smallest absolute Gasteiger partial charge is 0.254 e. The van der Waals surface area contributed by atoms with E-state index in [0.717, 1.165) is 11.1 Å². The summed E-state index contributed by atoms with van der Waals surface area (Å²) in [6.07, 6.45) is 0.786. The SMILES string of the molecule is O=C1CC(CCO)N(C(=O)c2ccc(-c3ccccc3)cc2)C1. The van der Waals surface area contributed by atoms with Gasteiger partial charge in [-0.05, 0) is 29.7 Å². The summed E-state index contributed by atoms with van der Waals surface area (Å²) in [5.41, 5.74) is 2.72. The molecule has 1 unspecified atom stereocenters. The summed E-state index contributed by atoms with van der Waals surface area (Å²) in [6, 6.07) is 17.2. The van der Waals surface area contributed by atoms with Gasteiger partial charge in [0.1, 0.15) is 0 Å². The lowest BCUT2D eigenvalue weighted by Gasteiger charge is -2.23. The molecule has 0 bridgehead atoms. The average Bonchev–Trinajstić information content (AvgIpc) is 2.96. The summed E-state index contributed by atoms with van der Waals surface area (Å²) in [5.74, 6) is -0.0911. The van der Waals surface area contributed by atoms with Crippen LogP contribution in [0.5, 0.6) is 0 Å². The van der Waals surface area contributed by atoms with Gasteiger partial charge < -0.3 is 10.0 Å². The number of ketones is 1. The average molecular weight is 309 g/mol. The van der Waals surface area contributed by atoms with Crippen LogP contribution in [-0.4, -0.2) is 40.9 Å². The van der Waals surface area contributed by atoms with E-state index in [0.29, 0.717) is 18.4 Å². The van der Waals surface area contributed by atoms with Crippen molar-refractivity contribution in [1.29, 1.82) is 0 Å². The van der Waals surface area contributed by atoms with Gasteiger partial charge in [0.15, 0.2) is 5.78 Å². The van der Waals surface area contributed by atoms with E-state index in [1.807, 2.05) is 42.5 Å². The highest BCUT2D eigenvalue weighted by Crippen LogP contribution is 2.23. The van der Waals surface area contributed by atoms with Crippen LogP contribution in [0.2, 0.25) is 0 Å². The number of benzene rings is 2. The van der Waals surface area contributed by atoms with E-state index in [-0.39, 0.29) is 30.9 Å². The molecule has 23 heavy (non-hydrogen) atoms. The number of carbonyl (C=O) groups is 2. The van der Waals surface area contributed by atoms with Gasteiger partial charge in [-0.1, -0.05) is 42.5 Å². The Balaban J connectivity index is 1.79. The number of Topliss-reactive ketones (excluding diaryl/α,β-unsaturated/α-hetero) is 1. The second-order valence-electron chi connectivity index (χ2n) is 5.79. The summed E-state index contributed by atoms with van der Waals surface area (Å²) in [5, 5.41) is 9.10. The molecule has 0 spiro atoms. The topological polar surface area (TPSA) is 57.6 Å². The Morgan fingerprint density at radius 1 is 1.04 bits per heavy atom. The first-order chi connectivity index (χ1) is 11.2. The molecule has 1 aliphatic rings. The van der Waals surface area contributed by atoms with Crippen molar-refractivity contribution in [2.24, 2.45) is 0 Å². The zero-order valence-corrected chi connectivity index (χ0v) is 12.8. The normalized spacial score (nSPS) is 17.5. The van der Waals surface area contributed by atoms with Crippen LogP contribution >= 0.6 is 0 Å². The van der Waals surface area contributed by atoms with Gasteiger partial charge in [0.2, 0.25) is 0 Å². The first kappa shape index (κ1) is 15.4.